The Balaban J connectivity index is 1.02. The Labute approximate surface area is 361 Å². The van der Waals surface area contributed by atoms with Crippen molar-refractivity contribution in [3.05, 3.63) is 125 Å². The van der Waals surface area contributed by atoms with Crippen LogP contribution in [0.2, 0.25) is 0 Å². The van der Waals surface area contributed by atoms with Crippen molar-refractivity contribution in [2.45, 2.75) is 153 Å². The Hall–Kier alpha value is -4.03. The highest BCUT2D eigenvalue weighted by atomic mass is 15.2. The van der Waals surface area contributed by atoms with Gasteiger partial charge in [-0.1, -0.05) is 111 Å². The molecule has 0 N–H and O–H groups in total. The molecule has 60 heavy (non-hydrogen) atoms. The number of anilines is 1. The molecule has 3 aromatic rings. The van der Waals surface area contributed by atoms with Gasteiger partial charge < -0.3 is 9.47 Å². The maximum absolute atomic E-state index is 10.1. The van der Waals surface area contributed by atoms with E-state index in [2.05, 4.69) is 120 Å². The zero-order chi connectivity index (χ0) is 40.3. The number of aryl methyl sites for hydroxylation is 1. The van der Waals surface area contributed by atoms with Crippen LogP contribution in [0.1, 0.15) is 145 Å². The van der Waals surface area contributed by atoms with Crippen LogP contribution < -0.4 is 4.90 Å². The quantitative estimate of drug-likeness (QED) is 0.233. The highest BCUT2D eigenvalue weighted by Crippen LogP contribution is 2.56. The third-order valence-electron chi connectivity index (χ3n) is 18.1. The van der Waals surface area contributed by atoms with Crippen molar-refractivity contribution in [1.29, 1.82) is 5.26 Å². The maximum atomic E-state index is 10.1. The smallest absolute Gasteiger partial charge is 0.0946 e. The van der Waals surface area contributed by atoms with Crippen LogP contribution in [0.5, 0.6) is 0 Å². The molecule has 3 nitrogen and oxygen atoms in total. The van der Waals surface area contributed by atoms with E-state index in [1.807, 2.05) is 5.57 Å². The third-order valence-corrected chi connectivity index (χ3v) is 18.1. The number of benzene rings is 2. The molecule has 0 bridgehead atoms. The summed E-state index contributed by atoms with van der Waals surface area (Å²) in [4.78, 5) is 2.98. The first-order valence-electron chi connectivity index (χ1n) is 24.9. The van der Waals surface area contributed by atoms with Gasteiger partial charge in [0.2, 0.25) is 0 Å². The molecule has 2 saturated carbocycles. The second-order valence-electron chi connectivity index (χ2n) is 20.9. The van der Waals surface area contributed by atoms with Gasteiger partial charge in [-0.05, 0) is 179 Å². The van der Waals surface area contributed by atoms with Crippen molar-refractivity contribution in [3.8, 4) is 6.07 Å². The van der Waals surface area contributed by atoms with Gasteiger partial charge in [-0.15, -0.1) is 0 Å². The Kier molecular flexibility index (Phi) is 10.6. The Bertz CT molecular complexity index is 2290. The molecule has 3 heteroatoms. The van der Waals surface area contributed by atoms with Crippen LogP contribution >= 0.6 is 0 Å². The van der Waals surface area contributed by atoms with E-state index in [1.165, 1.54) is 132 Å². The van der Waals surface area contributed by atoms with E-state index in [9.17, 15) is 5.26 Å². The van der Waals surface area contributed by atoms with Crippen LogP contribution in [0.15, 0.2) is 108 Å². The van der Waals surface area contributed by atoms with Crippen molar-refractivity contribution < 1.29 is 0 Å². The lowest BCUT2D eigenvalue weighted by molar-refractivity contribution is 0.0881. The molecule has 8 aliphatic rings. The predicted molar refractivity (Wildman–Crippen MR) is 249 cm³/mol. The van der Waals surface area contributed by atoms with E-state index in [0.717, 1.165) is 11.5 Å². The topological polar surface area (TPSA) is 32.0 Å². The fourth-order valence-electron chi connectivity index (χ4n) is 15.3. The van der Waals surface area contributed by atoms with Gasteiger partial charge in [0.25, 0.3) is 0 Å². The maximum Gasteiger partial charge on any atom is 0.0946 e. The molecule has 0 amide bonds. The van der Waals surface area contributed by atoms with Crippen LogP contribution in [0.25, 0.3) is 10.9 Å². The van der Waals surface area contributed by atoms with Crippen LogP contribution in [0, 0.1) is 58.7 Å². The first kappa shape index (κ1) is 38.9. The SMILES string of the molecule is CC1CCC(C2CCCCC2C2CC=CCC2C2=C(C3CC(N4c5ccccc5C5CCC=CC54)CC(n4c5c(c6ccccc64)CCCC5)C3C)CCC=C2)C=C1C#N. The van der Waals surface area contributed by atoms with Gasteiger partial charge in [0.05, 0.1) is 12.1 Å². The van der Waals surface area contributed by atoms with Gasteiger partial charge in [-0.25, -0.2) is 0 Å². The number of nitriles is 1. The van der Waals surface area contributed by atoms with E-state index in [0.29, 0.717) is 65.5 Å². The van der Waals surface area contributed by atoms with E-state index in [1.54, 1.807) is 22.4 Å². The number of nitrogens with zero attached hydrogens (tertiary/aromatic N) is 3. The molecule has 0 spiro atoms. The van der Waals surface area contributed by atoms with Gasteiger partial charge in [-0.3, -0.25) is 0 Å². The highest BCUT2D eigenvalue weighted by Gasteiger charge is 2.48. The molecule has 11 rings (SSSR count). The second-order valence-corrected chi connectivity index (χ2v) is 20.9. The average Bonchev–Trinajstić information content (AvgIpc) is 3.82. The summed E-state index contributed by atoms with van der Waals surface area (Å²) in [5.74, 6) is 5.47. The summed E-state index contributed by atoms with van der Waals surface area (Å²) in [6.07, 6.45) is 40.7. The van der Waals surface area contributed by atoms with Crippen LogP contribution in [-0.4, -0.2) is 16.7 Å². The number of fused-ring (bicyclic) bond motifs is 6. The molecular weight excluding hydrogens is 727 g/mol. The lowest BCUT2D eigenvalue weighted by Crippen LogP contribution is -2.49. The lowest BCUT2D eigenvalue weighted by Gasteiger charge is -2.50. The van der Waals surface area contributed by atoms with Crippen molar-refractivity contribution in [2.75, 3.05) is 4.90 Å². The Morgan fingerprint density at radius 2 is 1.53 bits per heavy atom. The number of hydrogen-bond donors (Lipinski definition) is 0. The van der Waals surface area contributed by atoms with Crippen molar-refractivity contribution >= 4 is 16.6 Å². The van der Waals surface area contributed by atoms with Crippen molar-refractivity contribution in [2.24, 2.45) is 47.3 Å². The first-order valence-corrected chi connectivity index (χ1v) is 24.9. The summed E-state index contributed by atoms with van der Waals surface area (Å²) >= 11 is 0. The minimum atomic E-state index is 0.424. The molecular formula is C57H69N3. The van der Waals surface area contributed by atoms with Crippen LogP contribution in [0.3, 0.4) is 0 Å². The fraction of sp³-hybridized carbons (Fsp3) is 0.561. The minimum absolute atomic E-state index is 0.424. The highest BCUT2D eigenvalue weighted by molar-refractivity contribution is 5.86. The summed E-state index contributed by atoms with van der Waals surface area (Å²) < 4.78 is 2.95. The summed E-state index contributed by atoms with van der Waals surface area (Å²) in [5, 5.41) is 11.6. The average molecular weight is 796 g/mol. The summed E-state index contributed by atoms with van der Waals surface area (Å²) in [6, 6.07) is 23.2. The zero-order valence-corrected chi connectivity index (χ0v) is 36.7. The summed E-state index contributed by atoms with van der Waals surface area (Å²) in [5.41, 5.74) is 12.6. The molecule has 2 fully saturated rings. The molecule has 2 aromatic carbocycles. The first-order chi connectivity index (χ1) is 29.6. The van der Waals surface area contributed by atoms with Crippen molar-refractivity contribution in [1.82, 2.24) is 4.57 Å². The molecule has 7 aliphatic carbocycles. The zero-order valence-electron chi connectivity index (χ0n) is 36.7. The standard InChI is InChI=1S/C57H69N3/c1-37-31-32-39(33-40(37)36-58)42-17-3-4-18-43(42)44-19-5-6-20-45(44)46-21-7-8-22-47(46)52-34-41(59-53-27-13-9-23-48(53)49-24-10-14-28-54(49)59)35-57(38(52)2)60-55-29-15-11-25-50(55)51-26-12-16-30-56(51)60/h5-7,9,11,13-15,21,23,25,27-29,33,37-39,41-45,49,52,54,57H,3-4,8,10,12,16-20,22,24,26,30-32,34-35H2,1-2H3. The molecule has 12 unspecified atom stereocenters. The molecule has 1 aromatic heterocycles. The number of para-hydroxylation sites is 2. The Morgan fingerprint density at radius 3 is 2.45 bits per heavy atom. The third kappa shape index (κ3) is 6.56. The van der Waals surface area contributed by atoms with E-state index in [-0.39, 0.29) is 0 Å². The lowest BCUT2D eigenvalue weighted by atomic mass is 9.58. The summed E-state index contributed by atoms with van der Waals surface area (Å²) in [6.45, 7) is 4.97. The van der Waals surface area contributed by atoms with Crippen LogP contribution in [-0.2, 0) is 12.8 Å². The fourth-order valence-corrected chi connectivity index (χ4v) is 15.3. The van der Waals surface area contributed by atoms with Gasteiger partial charge >= 0.3 is 0 Å². The largest absolute Gasteiger partial charge is 0.361 e. The monoisotopic (exact) mass is 796 g/mol. The van der Waals surface area contributed by atoms with Gasteiger partial charge in [0, 0.05) is 45.9 Å². The van der Waals surface area contributed by atoms with Crippen molar-refractivity contribution in [3.63, 3.8) is 0 Å². The Morgan fingerprint density at radius 1 is 0.700 bits per heavy atom. The number of hydrogen-bond acceptors (Lipinski definition) is 2. The number of rotatable bonds is 6. The normalized spacial score (nSPS) is 36.4. The van der Waals surface area contributed by atoms with Crippen LogP contribution in [0.4, 0.5) is 5.69 Å². The predicted octanol–water partition coefficient (Wildman–Crippen LogP) is 14.3. The van der Waals surface area contributed by atoms with Gasteiger partial charge in [0.1, 0.15) is 0 Å². The van der Waals surface area contributed by atoms with Gasteiger partial charge in [0.15, 0.2) is 0 Å². The molecule has 312 valence electrons. The molecule has 0 saturated heterocycles. The van der Waals surface area contributed by atoms with E-state index >= 15 is 0 Å². The van der Waals surface area contributed by atoms with Gasteiger partial charge in [-0.2, -0.15) is 5.26 Å². The number of aromatic nitrogens is 1. The molecule has 1 aliphatic heterocycles. The molecule has 2 heterocycles. The summed E-state index contributed by atoms with van der Waals surface area (Å²) in [7, 11) is 0. The molecule has 0 radical (unpaired) electrons. The van der Waals surface area contributed by atoms with E-state index < -0.39 is 0 Å². The number of allylic oxidation sites excluding steroid dienone is 9. The minimum Gasteiger partial charge on any atom is -0.361 e. The second kappa shape index (κ2) is 16.3. The van der Waals surface area contributed by atoms with E-state index in [4.69, 9.17) is 0 Å². The molecule has 12 atom stereocenters.